The summed E-state index contributed by atoms with van der Waals surface area (Å²) in [5.74, 6) is 0.564. The van der Waals surface area contributed by atoms with E-state index in [1.807, 2.05) is 42.5 Å². The maximum atomic E-state index is 13.5. The third-order valence-corrected chi connectivity index (χ3v) is 7.08. The van der Waals surface area contributed by atoms with Crippen LogP contribution in [0.1, 0.15) is 35.1 Å². The van der Waals surface area contributed by atoms with Crippen molar-refractivity contribution in [3.63, 3.8) is 0 Å². The molecule has 0 radical (unpaired) electrons. The highest BCUT2D eigenvalue weighted by atomic mass is 31.2. The van der Waals surface area contributed by atoms with Crippen molar-refractivity contribution >= 4 is 7.82 Å². The number of ether oxygens (including phenoxy) is 1. The largest absolute Gasteiger partial charge is 0.472 e. The van der Waals surface area contributed by atoms with Gasteiger partial charge in [0.25, 0.3) is 0 Å². The lowest BCUT2D eigenvalue weighted by molar-refractivity contribution is -0.137. The molecule has 0 bridgehead atoms. The predicted octanol–water partition coefficient (Wildman–Crippen LogP) is 6.45. The first-order chi connectivity index (χ1) is 17.5. The van der Waals surface area contributed by atoms with Crippen molar-refractivity contribution in [2.75, 3.05) is 13.2 Å². The van der Waals surface area contributed by atoms with Gasteiger partial charge in [-0.25, -0.2) is 4.57 Å². The first kappa shape index (κ1) is 27.4. The Kier molecular flexibility index (Phi) is 8.41. The standard InChI is InChI=1S/C27H29F3NO5P/c28-27(29,30)23-15-22(9-8-20-5-2-1-3-6-20)16-25(17-23)36-24-12-10-21(11-13-24)7-4-14-26(31)18-34-37(32,33)35-19-26/h1-3,5-6,10-13,15-17H,4,7-9,14,18-19,31H2,(H,32,33). The Labute approximate surface area is 213 Å². The molecular weight excluding hydrogens is 506 g/mol. The molecule has 0 spiro atoms. The van der Waals surface area contributed by atoms with Crippen LogP contribution in [0.15, 0.2) is 72.8 Å². The summed E-state index contributed by atoms with van der Waals surface area (Å²) < 4.78 is 67.3. The summed E-state index contributed by atoms with van der Waals surface area (Å²) in [6.45, 7) is -0.115. The van der Waals surface area contributed by atoms with Gasteiger partial charge in [-0.2, -0.15) is 13.2 Å². The Morgan fingerprint density at radius 1 is 0.865 bits per heavy atom. The van der Waals surface area contributed by atoms with E-state index in [1.165, 1.54) is 6.07 Å². The van der Waals surface area contributed by atoms with E-state index >= 15 is 0 Å². The fourth-order valence-electron chi connectivity index (χ4n) is 4.11. The number of rotatable bonds is 9. The van der Waals surface area contributed by atoms with Crippen LogP contribution in [0.25, 0.3) is 0 Å². The highest BCUT2D eigenvalue weighted by Gasteiger charge is 2.38. The van der Waals surface area contributed by atoms with Gasteiger partial charge < -0.3 is 15.4 Å². The number of phosphoric acid groups is 1. The summed E-state index contributed by atoms with van der Waals surface area (Å²) in [6, 6.07) is 20.6. The monoisotopic (exact) mass is 535 g/mol. The van der Waals surface area contributed by atoms with Crippen molar-refractivity contribution in [1.82, 2.24) is 0 Å². The molecule has 0 aromatic heterocycles. The van der Waals surface area contributed by atoms with Gasteiger partial charge in [-0.3, -0.25) is 9.05 Å². The summed E-state index contributed by atoms with van der Waals surface area (Å²) in [5, 5.41) is 0. The molecule has 3 N–H and O–H groups in total. The molecule has 1 aliphatic rings. The Hall–Kier alpha value is -2.68. The number of phosphoric ester groups is 1. The SMILES string of the molecule is NC1(CCCc2ccc(Oc3cc(CCc4ccccc4)cc(C(F)(F)F)c3)cc2)COP(=O)(O)OC1. The number of aryl methyl sites for hydroxylation is 3. The molecular formula is C27H29F3NO5P. The van der Waals surface area contributed by atoms with Gasteiger partial charge in [0.15, 0.2) is 0 Å². The average molecular weight is 535 g/mol. The van der Waals surface area contributed by atoms with E-state index < -0.39 is 25.1 Å². The molecule has 0 saturated carbocycles. The van der Waals surface area contributed by atoms with E-state index in [1.54, 1.807) is 18.2 Å². The number of nitrogens with two attached hydrogens (primary N) is 1. The van der Waals surface area contributed by atoms with Crippen molar-refractivity contribution in [2.24, 2.45) is 5.73 Å². The molecule has 1 heterocycles. The van der Waals surface area contributed by atoms with Crippen molar-refractivity contribution in [3.05, 3.63) is 95.1 Å². The summed E-state index contributed by atoms with van der Waals surface area (Å²) in [7, 11) is -3.98. The maximum absolute atomic E-state index is 13.5. The zero-order chi connectivity index (χ0) is 26.5. The summed E-state index contributed by atoms with van der Waals surface area (Å²) in [6.07, 6.45) is -1.49. The van der Waals surface area contributed by atoms with Gasteiger partial charge in [0.1, 0.15) is 11.5 Å². The normalized spacial score (nSPS) is 22.1. The van der Waals surface area contributed by atoms with Crippen LogP contribution in [-0.2, 0) is 39.1 Å². The van der Waals surface area contributed by atoms with Gasteiger partial charge in [0, 0.05) is 0 Å². The maximum Gasteiger partial charge on any atom is 0.472 e. The Morgan fingerprint density at radius 3 is 2.14 bits per heavy atom. The zero-order valence-electron chi connectivity index (χ0n) is 20.1. The van der Waals surface area contributed by atoms with Crippen molar-refractivity contribution in [3.8, 4) is 11.5 Å². The van der Waals surface area contributed by atoms with Gasteiger partial charge in [0.05, 0.1) is 24.3 Å². The van der Waals surface area contributed by atoms with Gasteiger partial charge in [-0.15, -0.1) is 0 Å². The summed E-state index contributed by atoms with van der Waals surface area (Å²) in [5.41, 5.74) is 7.20. The highest BCUT2D eigenvalue weighted by molar-refractivity contribution is 7.47. The fourth-order valence-corrected chi connectivity index (χ4v) is 5.02. The first-order valence-electron chi connectivity index (χ1n) is 11.9. The molecule has 0 atom stereocenters. The topological polar surface area (TPSA) is 91.0 Å². The number of hydrogen-bond acceptors (Lipinski definition) is 5. The van der Waals surface area contributed by atoms with E-state index in [0.717, 1.165) is 17.2 Å². The Morgan fingerprint density at radius 2 is 1.49 bits per heavy atom. The van der Waals surface area contributed by atoms with E-state index in [-0.39, 0.29) is 19.0 Å². The molecule has 4 rings (SSSR count). The van der Waals surface area contributed by atoms with Gasteiger partial charge in [0.2, 0.25) is 0 Å². The van der Waals surface area contributed by atoms with Gasteiger partial charge in [-0.05, 0) is 79.1 Å². The molecule has 0 amide bonds. The highest BCUT2D eigenvalue weighted by Crippen LogP contribution is 2.48. The third kappa shape index (κ3) is 8.15. The van der Waals surface area contributed by atoms with Gasteiger partial charge >= 0.3 is 14.0 Å². The second-order valence-corrected chi connectivity index (χ2v) is 10.8. The van der Waals surface area contributed by atoms with E-state index in [4.69, 9.17) is 19.5 Å². The molecule has 3 aromatic rings. The van der Waals surface area contributed by atoms with Crippen molar-refractivity contribution in [2.45, 2.75) is 43.8 Å². The fraction of sp³-hybridized carbons (Fsp3) is 0.333. The number of alkyl halides is 3. The van der Waals surface area contributed by atoms with Crippen molar-refractivity contribution < 1.29 is 36.4 Å². The molecule has 1 fully saturated rings. The molecule has 198 valence electrons. The minimum atomic E-state index is -4.48. The molecule has 0 aliphatic carbocycles. The quantitative estimate of drug-likeness (QED) is 0.306. The zero-order valence-corrected chi connectivity index (χ0v) is 21.0. The lowest BCUT2D eigenvalue weighted by Gasteiger charge is -2.34. The molecule has 1 saturated heterocycles. The number of hydrogen-bond donors (Lipinski definition) is 2. The van der Waals surface area contributed by atoms with E-state index in [0.29, 0.717) is 43.4 Å². The van der Waals surface area contributed by atoms with Gasteiger partial charge in [-0.1, -0.05) is 42.5 Å². The second kappa shape index (κ2) is 11.4. The van der Waals surface area contributed by atoms with Crippen LogP contribution < -0.4 is 10.5 Å². The molecule has 0 unspecified atom stereocenters. The first-order valence-corrected chi connectivity index (χ1v) is 13.4. The van der Waals surface area contributed by atoms with Crippen LogP contribution >= 0.6 is 7.82 Å². The van der Waals surface area contributed by atoms with Crippen LogP contribution in [0.3, 0.4) is 0 Å². The second-order valence-electron chi connectivity index (χ2n) is 9.33. The van der Waals surface area contributed by atoms with Crippen LogP contribution in [0.5, 0.6) is 11.5 Å². The van der Waals surface area contributed by atoms with Crippen LogP contribution in [0.4, 0.5) is 13.2 Å². The minimum absolute atomic E-state index is 0.0577. The number of benzene rings is 3. The Balaban J connectivity index is 1.36. The lowest BCUT2D eigenvalue weighted by atomic mass is 9.94. The average Bonchev–Trinajstić information content (AvgIpc) is 2.86. The van der Waals surface area contributed by atoms with E-state index in [2.05, 4.69) is 0 Å². The molecule has 3 aromatic carbocycles. The third-order valence-electron chi connectivity index (χ3n) is 6.17. The smallest absolute Gasteiger partial charge is 0.457 e. The van der Waals surface area contributed by atoms with Crippen LogP contribution in [0.2, 0.25) is 0 Å². The lowest BCUT2D eigenvalue weighted by Crippen LogP contribution is -2.50. The Bertz CT molecular complexity index is 1220. The number of halogens is 3. The summed E-state index contributed by atoms with van der Waals surface area (Å²) >= 11 is 0. The molecule has 10 heteroatoms. The van der Waals surface area contributed by atoms with Crippen LogP contribution in [0, 0.1) is 0 Å². The molecule has 37 heavy (non-hydrogen) atoms. The van der Waals surface area contributed by atoms with E-state index in [9.17, 15) is 22.6 Å². The minimum Gasteiger partial charge on any atom is -0.457 e. The predicted molar refractivity (Wildman–Crippen MR) is 133 cm³/mol. The molecule has 1 aliphatic heterocycles. The van der Waals surface area contributed by atoms with Crippen LogP contribution in [-0.4, -0.2) is 23.6 Å². The molecule has 6 nitrogen and oxygen atoms in total. The summed E-state index contributed by atoms with van der Waals surface area (Å²) in [4.78, 5) is 9.27. The van der Waals surface area contributed by atoms with Crippen molar-refractivity contribution in [1.29, 1.82) is 0 Å².